The zero-order valence-electron chi connectivity index (χ0n) is 22.7. The fourth-order valence-corrected chi connectivity index (χ4v) is 5.68. The Bertz CT molecular complexity index is 1720. The Morgan fingerprint density at radius 2 is 1.44 bits per heavy atom. The van der Waals surface area contributed by atoms with Crippen LogP contribution in [0.4, 0.5) is 24.5 Å². The number of carbonyl (C=O) groups excluding carboxylic acids is 1. The van der Waals surface area contributed by atoms with Crippen molar-refractivity contribution < 1.29 is 40.6 Å². The number of sulfonamides is 1. The number of ether oxygens (including phenoxy) is 3. The molecule has 4 rings (SSSR count). The van der Waals surface area contributed by atoms with Gasteiger partial charge in [0, 0.05) is 33.6 Å². The normalized spacial score (nSPS) is 12.2. The molecule has 0 aliphatic heterocycles. The second-order valence-electron chi connectivity index (χ2n) is 9.71. The van der Waals surface area contributed by atoms with Crippen molar-refractivity contribution in [3.8, 4) is 17.2 Å². The van der Waals surface area contributed by atoms with Gasteiger partial charge in [0.05, 0.1) is 25.4 Å². The summed E-state index contributed by atoms with van der Waals surface area (Å²) < 4.78 is 80.0. The van der Waals surface area contributed by atoms with Crippen LogP contribution in [0.3, 0.4) is 0 Å². The Morgan fingerprint density at radius 1 is 0.829 bits per heavy atom. The Kier molecular flexibility index (Phi) is 8.14. The first-order valence-electron chi connectivity index (χ1n) is 12.0. The molecule has 0 aliphatic carbocycles. The van der Waals surface area contributed by atoms with Gasteiger partial charge in [0.2, 0.25) is 10.0 Å². The van der Waals surface area contributed by atoms with Crippen molar-refractivity contribution in [2.45, 2.75) is 25.6 Å². The van der Waals surface area contributed by atoms with Crippen LogP contribution in [0.5, 0.6) is 17.2 Å². The number of benzene rings is 3. The van der Waals surface area contributed by atoms with Crippen LogP contribution in [-0.4, -0.2) is 41.2 Å². The number of hydrogen-bond donors (Lipinski definition) is 2. The number of methoxy groups -OCH3 is 2. The minimum Gasteiger partial charge on any atom is -0.497 e. The van der Waals surface area contributed by atoms with Gasteiger partial charge in [-0.2, -0.15) is 0 Å². The first-order valence-corrected chi connectivity index (χ1v) is 14.7. The van der Waals surface area contributed by atoms with E-state index in [1.165, 1.54) is 31.6 Å². The van der Waals surface area contributed by atoms with Crippen LogP contribution in [0.2, 0.25) is 0 Å². The molecule has 4 aromatic rings. The van der Waals surface area contributed by atoms with E-state index in [1.54, 1.807) is 48.5 Å². The van der Waals surface area contributed by atoms with Crippen molar-refractivity contribution in [1.29, 1.82) is 0 Å². The summed E-state index contributed by atoms with van der Waals surface area (Å²) in [7, 11) is -0.643. The molecule has 2 N–H and O–H groups in total. The molecule has 13 heteroatoms. The van der Waals surface area contributed by atoms with Gasteiger partial charge in [-0.3, -0.25) is 9.52 Å². The third kappa shape index (κ3) is 7.41. The van der Waals surface area contributed by atoms with Gasteiger partial charge in [0.25, 0.3) is 5.91 Å². The fraction of sp³-hybridized carbons (Fsp3) is 0.250. The Labute approximate surface area is 239 Å². The molecule has 0 aliphatic rings. The third-order valence-electron chi connectivity index (χ3n) is 6.24. The predicted octanol–water partition coefficient (Wildman–Crippen LogP) is 6.77. The minimum atomic E-state index is -4.88. The van der Waals surface area contributed by atoms with Gasteiger partial charge in [-0.15, -0.1) is 24.5 Å². The Morgan fingerprint density at radius 3 is 2.05 bits per heavy atom. The number of anilines is 2. The summed E-state index contributed by atoms with van der Waals surface area (Å²) in [5, 5.41) is 3.55. The van der Waals surface area contributed by atoms with Crippen molar-refractivity contribution in [2.24, 2.45) is 0 Å². The van der Waals surface area contributed by atoms with Crippen LogP contribution >= 0.6 is 11.3 Å². The molecule has 0 spiro atoms. The number of rotatable bonds is 9. The lowest BCUT2D eigenvalue weighted by Gasteiger charge is -2.28. The number of carbonyl (C=O) groups is 1. The molecule has 0 radical (unpaired) electrons. The van der Waals surface area contributed by atoms with E-state index in [-0.39, 0.29) is 5.75 Å². The van der Waals surface area contributed by atoms with Crippen molar-refractivity contribution in [3.63, 3.8) is 0 Å². The highest BCUT2D eigenvalue weighted by Crippen LogP contribution is 2.40. The zero-order chi connectivity index (χ0) is 30.2. The summed E-state index contributed by atoms with van der Waals surface area (Å²) in [6.45, 7) is 3.63. The van der Waals surface area contributed by atoms with E-state index in [9.17, 15) is 26.4 Å². The molecule has 1 amide bonds. The van der Waals surface area contributed by atoms with Crippen molar-refractivity contribution in [1.82, 2.24) is 0 Å². The lowest BCUT2D eigenvalue weighted by Crippen LogP contribution is -2.21. The molecule has 3 aromatic carbocycles. The SMILES string of the molecule is COc1cc(NC(=O)c2cc3cc(NS(C)(=O)=O)ccc3s2)cc(C(C)(C)c2cc(OC)cc(OC(F)(F)F)c2)c1. The van der Waals surface area contributed by atoms with Crippen LogP contribution in [0.1, 0.15) is 34.6 Å². The largest absolute Gasteiger partial charge is 0.573 e. The maximum absolute atomic E-state index is 13.2. The molecule has 0 fully saturated rings. The number of fused-ring (bicyclic) bond motifs is 1. The molecule has 0 atom stereocenters. The van der Waals surface area contributed by atoms with Gasteiger partial charge < -0.3 is 19.5 Å². The zero-order valence-corrected chi connectivity index (χ0v) is 24.3. The Hall–Kier alpha value is -3.97. The standard InChI is InChI=1S/C28H27F3N2O6S2/c1-27(2,18-12-22(38-4)15-23(13-18)39-28(29,30)31)17-10-20(14-21(11-17)37-3)32-26(34)25-9-16-8-19(33-41(5,35)36)6-7-24(16)40-25/h6-15,33H,1-5H3,(H,32,34). The van der Waals surface area contributed by atoms with Gasteiger partial charge in [-0.1, -0.05) is 13.8 Å². The number of alkyl halides is 3. The van der Waals surface area contributed by atoms with E-state index >= 15 is 0 Å². The molecule has 0 bridgehead atoms. The Balaban J connectivity index is 1.66. The molecule has 0 saturated carbocycles. The van der Waals surface area contributed by atoms with Gasteiger partial charge in [0.1, 0.15) is 17.2 Å². The van der Waals surface area contributed by atoms with Gasteiger partial charge in [0.15, 0.2) is 0 Å². The topological polar surface area (TPSA) is 103 Å². The van der Waals surface area contributed by atoms with Gasteiger partial charge in [-0.25, -0.2) is 8.42 Å². The minimum absolute atomic E-state index is 0.186. The summed E-state index contributed by atoms with van der Waals surface area (Å²) >= 11 is 1.24. The highest BCUT2D eigenvalue weighted by Gasteiger charge is 2.33. The lowest BCUT2D eigenvalue weighted by molar-refractivity contribution is -0.274. The highest BCUT2D eigenvalue weighted by molar-refractivity contribution is 7.92. The first kappa shape index (κ1) is 30.0. The van der Waals surface area contributed by atoms with E-state index < -0.39 is 33.5 Å². The number of halogens is 3. The average Bonchev–Trinajstić information content (AvgIpc) is 3.30. The van der Waals surface area contributed by atoms with Gasteiger partial charge in [-0.05, 0) is 65.0 Å². The number of amides is 1. The van der Waals surface area contributed by atoms with Crippen LogP contribution in [-0.2, 0) is 15.4 Å². The van der Waals surface area contributed by atoms with Crippen molar-refractivity contribution in [3.05, 3.63) is 76.7 Å². The van der Waals surface area contributed by atoms with E-state index in [0.717, 1.165) is 17.0 Å². The molecule has 218 valence electrons. The van der Waals surface area contributed by atoms with E-state index in [1.807, 2.05) is 13.8 Å². The summed E-state index contributed by atoms with van der Waals surface area (Å²) in [5.74, 6) is -0.210. The molecule has 41 heavy (non-hydrogen) atoms. The molecular weight excluding hydrogens is 581 g/mol. The summed E-state index contributed by atoms with van der Waals surface area (Å²) in [6.07, 6.45) is -3.82. The second-order valence-corrected chi connectivity index (χ2v) is 12.5. The number of nitrogens with one attached hydrogen (secondary N) is 2. The molecule has 0 saturated heterocycles. The molecule has 1 heterocycles. The molecular formula is C28H27F3N2O6S2. The highest BCUT2D eigenvalue weighted by atomic mass is 32.2. The number of hydrogen-bond acceptors (Lipinski definition) is 7. The van der Waals surface area contributed by atoms with Crippen LogP contribution < -0.4 is 24.2 Å². The van der Waals surface area contributed by atoms with Crippen molar-refractivity contribution >= 4 is 48.7 Å². The van der Waals surface area contributed by atoms with Crippen LogP contribution in [0.15, 0.2) is 60.7 Å². The maximum atomic E-state index is 13.2. The summed E-state index contributed by atoms with van der Waals surface area (Å²) in [6, 6.07) is 15.8. The first-order chi connectivity index (χ1) is 19.1. The number of thiophene rings is 1. The molecule has 0 unspecified atom stereocenters. The quantitative estimate of drug-likeness (QED) is 0.218. The summed E-state index contributed by atoms with van der Waals surface area (Å²) in [4.78, 5) is 13.6. The van der Waals surface area contributed by atoms with E-state index in [4.69, 9.17) is 9.47 Å². The van der Waals surface area contributed by atoms with E-state index in [0.29, 0.717) is 38.5 Å². The summed E-state index contributed by atoms with van der Waals surface area (Å²) in [5.41, 5.74) is 1.04. The van der Waals surface area contributed by atoms with Crippen molar-refractivity contribution in [2.75, 3.05) is 30.5 Å². The monoisotopic (exact) mass is 608 g/mol. The molecule has 1 aromatic heterocycles. The van der Waals surface area contributed by atoms with Crippen LogP contribution in [0.25, 0.3) is 10.1 Å². The van der Waals surface area contributed by atoms with E-state index in [2.05, 4.69) is 14.8 Å². The molecule has 8 nitrogen and oxygen atoms in total. The fourth-order valence-electron chi connectivity index (χ4n) is 4.19. The van der Waals surface area contributed by atoms with Gasteiger partial charge >= 0.3 is 6.36 Å². The maximum Gasteiger partial charge on any atom is 0.573 e. The third-order valence-corrected chi connectivity index (χ3v) is 7.96. The predicted molar refractivity (Wildman–Crippen MR) is 153 cm³/mol. The van der Waals surface area contributed by atoms with Crippen LogP contribution in [0, 0.1) is 0 Å². The smallest absolute Gasteiger partial charge is 0.497 e. The second kappa shape index (κ2) is 11.1. The average molecular weight is 609 g/mol. The lowest BCUT2D eigenvalue weighted by atomic mass is 9.77.